The van der Waals surface area contributed by atoms with Gasteiger partial charge in [0.1, 0.15) is 0 Å². The summed E-state index contributed by atoms with van der Waals surface area (Å²) in [6.45, 7) is 0.785. The first kappa shape index (κ1) is 12.7. The van der Waals surface area contributed by atoms with Crippen LogP contribution in [0.3, 0.4) is 0 Å². The molecule has 5 heteroatoms. The maximum Gasteiger partial charge on any atom is 0.260 e. The third-order valence-corrected chi connectivity index (χ3v) is 2.99. The van der Waals surface area contributed by atoms with Crippen molar-refractivity contribution in [2.24, 2.45) is 0 Å². The van der Waals surface area contributed by atoms with Crippen molar-refractivity contribution >= 4 is 11.8 Å². The molecule has 5 nitrogen and oxygen atoms in total. The van der Waals surface area contributed by atoms with Crippen LogP contribution in [0.5, 0.6) is 0 Å². The number of hydrogen-bond donors (Lipinski definition) is 3. The van der Waals surface area contributed by atoms with Crippen LogP contribution in [0, 0.1) is 0 Å². The van der Waals surface area contributed by atoms with E-state index in [1.165, 1.54) is 0 Å². The van der Waals surface area contributed by atoms with Gasteiger partial charge in [0, 0.05) is 0 Å². The lowest BCUT2D eigenvalue weighted by Crippen LogP contribution is -2.44. The highest BCUT2D eigenvalue weighted by Gasteiger charge is 2.26. The van der Waals surface area contributed by atoms with Crippen LogP contribution in [-0.2, 0) is 9.59 Å². The fourth-order valence-electron chi connectivity index (χ4n) is 1.97. The first-order valence-electron chi connectivity index (χ1n) is 5.99. The summed E-state index contributed by atoms with van der Waals surface area (Å²) >= 11 is 0. The molecule has 1 aromatic carbocycles. The summed E-state index contributed by atoms with van der Waals surface area (Å²) in [6, 6.07) is 8.21. The van der Waals surface area contributed by atoms with Crippen LogP contribution in [0.1, 0.15) is 24.5 Å². The van der Waals surface area contributed by atoms with Gasteiger partial charge in [-0.1, -0.05) is 30.3 Å². The zero-order chi connectivity index (χ0) is 13.0. The van der Waals surface area contributed by atoms with Crippen LogP contribution in [0.4, 0.5) is 0 Å². The molecular weight excluding hydrogens is 232 g/mol. The fraction of sp³-hybridized carbons (Fsp3) is 0.385. The standard InChI is InChI=1S/C13H16N2O3/c16-11(9-5-2-1-3-6-9)13(18)15-12(17)10-7-4-8-14-10/h1-3,5-6,10-11,14,16H,4,7-8H2,(H,15,17,18)/t10?,11-/m1/s1. The fourth-order valence-corrected chi connectivity index (χ4v) is 1.97. The molecule has 1 fully saturated rings. The summed E-state index contributed by atoms with van der Waals surface area (Å²) in [6.07, 6.45) is 0.338. The van der Waals surface area contributed by atoms with Crippen molar-refractivity contribution in [2.75, 3.05) is 6.54 Å². The molecule has 3 N–H and O–H groups in total. The summed E-state index contributed by atoms with van der Waals surface area (Å²) < 4.78 is 0. The monoisotopic (exact) mass is 248 g/mol. The quantitative estimate of drug-likeness (QED) is 0.709. The first-order valence-corrected chi connectivity index (χ1v) is 5.99. The molecule has 0 bridgehead atoms. The normalized spacial score (nSPS) is 20.4. The number of rotatable bonds is 3. The van der Waals surface area contributed by atoms with Crippen molar-refractivity contribution in [1.29, 1.82) is 0 Å². The largest absolute Gasteiger partial charge is 0.378 e. The highest BCUT2D eigenvalue weighted by atomic mass is 16.3. The van der Waals surface area contributed by atoms with E-state index in [4.69, 9.17) is 0 Å². The SMILES string of the molecule is O=C(NC(=O)[C@H](O)c1ccccc1)C1CCCN1. The summed E-state index contributed by atoms with van der Waals surface area (Å²) in [5.74, 6) is -1.05. The molecule has 1 saturated heterocycles. The molecule has 0 saturated carbocycles. The van der Waals surface area contributed by atoms with Crippen molar-refractivity contribution in [3.05, 3.63) is 35.9 Å². The molecule has 2 atom stereocenters. The van der Waals surface area contributed by atoms with Gasteiger partial charge in [-0.15, -0.1) is 0 Å². The Morgan fingerprint density at radius 1 is 1.33 bits per heavy atom. The Hall–Kier alpha value is -1.72. The van der Waals surface area contributed by atoms with Gasteiger partial charge in [0.25, 0.3) is 5.91 Å². The Labute approximate surface area is 105 Å². The Balaban J connectivity index is 1.93. The number of benzene rings is 1. The Morgan fingerprint density at radius 2 is 2.06 bits per heavy atom. The third kappa shape index (κ3) is 2.94. The van der Waals surface area contributed by atoms with Gasteiger partial charge in [0.2, 0.25) is 5.91 Å². The molecule has 0 aliphatic carbocycles. The second-order valence-electron chi connectivity index (χ2n) is 4.32. The van der Waals surface area contributed by atoms with Crippen LogP contribution in [0.2, 0.25) is 0 Å². The van der Waals surface area contributed by atoms with Gasteiger partial charge in [-0.3, -0.25) is 14.9 Å². The van der Waals surface area contributed by atoms with Crippen LogP contribution >= 0.6 is 0 Å². The molecule has 2 rings (SSSR count). The van der Waals surface area contributed by atoms with Crippen molar-refractivity contribution in [1.82, 2.24) is 10.6 Å². The number of nitrogens with one attached hydrogen (secondary N) is 2. The molecule has 1 heterocycles. The van der Waals surface area contributed by atoms with Crippen LogP contribution < -0.4 is 10.6 Å². The third-order valence-electron chi connectivity index (χ3n) is 2.99. The van der Waals surface area contributed by atoms with Crippen LogP contribution in [0.15, 0.2) is 30.3 Å². The predicted octanol–water partition coefficient (Wildman–Crippen LogP) is 0.115. The average molecular weight is 248 g/mol. The molecule has 1 unspecified atom stereocenters. The predicted molar refractivity (Wildman–Crippen MR) is 65.6 cm³/mol. The van der Waals surface area contributed by atoms with Gasteiger partial charge < -0.3 is 10.4 Å². The van der Waals surface area contributed by atoms with Gasteiger partial charge in [0.05, 0.1) is 6.04 Å². The number of carbonyl (C=O) groups excluding carboxylic acids is 2. The number of carbonyl (C=O) groups is 2. The topological polar surface area (TPSA) is 78.4 Å². The number of aliphatic hydroxyl groups is 1. The lowest BCUT2D eigenvalue weighted by Gasteiger charge is -2.13. The zero-order valence-corrected chi connectivity index (χ0v) is 9.93. The molecule has 0 spiro atoms. The molecular formula is C13H16N2O3. The molecule has 1 aromatic rings. The lowest BCUT2D eigenvalue weighted by molar-refractivity contribution is -0.136. The minimum Gasteiger partial charge on any atom is -0.378 e. The molecule has 0 aromatic heterocycles. The molecule has 96 valence electrons. The van der Waals surface area contributed by atoms with E-state index in [1.807, 2.05) is 0 Å². The van der Waals surface area contributed by atoms with E-state index >= 15 is 0 Å². The van der Waals surface area contributed by atoms with E-state index in [1.54, 1.807) is 30.3 Å². The second-order valence-corrected chi connectivity index (χ2v) is 4.32. The molecule has 0 radical (unpaired) electrons. The lowest BCUT2D eigenvalue weighted by atomic mass is 10.1. The van der Waals surface area contributed by atoms with Crippen molar-refractivity contribution < 1.29 is 14.7 Å². The van der Waals surface area contributed by atoms with E-state index in [2.05, 4.69) is 10.6 Å². The van der Waals surface area contributed by atoms with Gasteiger partial charge in [-0.2, -0.15) is 0 Å². The Bertz CT molecular complexity index is 427. The number of hydrogen-bond acceptors (Lipinski definition) is 4. The number of amides is 2. The van der Waals surface area contributed by atoms with Gasteiger partial charge in [-0.25, -0.2) is 0 Å². The smallest absolute Gasteiger partial charge is 0.260 e. The van der Waals surface area contributed by atoms with E-state index in [0.717, 1.165) is 19.4 Å². The number of imide groups is 1. The Kier molecular flexibility index (Phi) is 4.07. The van der Waals surface area contributed by atoms with E-state index in [0.29, 0.717) is 5.56 Å². The summed E-state index contributed by atoms with van der Waals surface area (Å²) in [5.41, 5.74) is 0.474. The number of aliphatic hydroxyl groups excluding tert-OH is 1. The minimum absolute atomic E-state index is 0.322. The van der Waals surface area contributed by atoms with Gasteiger partial charge in [0.15, 0.2) is 6.10 Å². The summed E-state index contributed by atoms with van der Waals surface area (Å²) in [4.78, 5) is 23.4. The first-order chi connectivity index (χ1) is 8.68. The highest BCUT2D eigenvalue weighted by molar-refractivity contribution is 5.99. The minimum atomic E-state index is -1.31. The van der Waals surface area contributed by atoms with Crippen LogP contribution in [0.25, 0.3) is 0 Å². The molecule has 18 heavy (non-hydrogen) atoms. The van der Waals surface area contributed by atoms with Crippen molar-refractivity contribution in [2.45, 2.75) is 25.0 Å². The highest BCUT2D eigenvalue weighted by Crippen LogP contribution is 2.12. The van der Waals surface area contributed by atoms with E-state index in [9.17, 15) is 14.7 Å². The molecule has 1 aliphatic rings. The van der Waals surface area contributed by atoms with E-state index < -0.39 is 12.0 Å². The average Bonchev–Trinajstić information content (AvgIpc) is 2.92. The zero-order valence-electron chi connectivity index (χ0n) is 9.93. The van der Waals surface area contributed by atoms with Crippen molar-refractivity contribution in [3.8, 4) is 0 Å². The summed E-state index contributed by atoms with van der Waals surface area (Å²) in [5, 5.41) is 15.0. The van der Waals surface area contributed by atoms with Crippen molar-refractivity contribution in [3.63, 3.8) is 0 Å². The summed E-state index contributed by atoms with van der Waals surface area (Å²) in [7, 11) is 0. The van der Waals surface area contributed by atoms with Gasteiger partial charge >= 0.3 is 0 Å². The maximum absolute atomic E-state index is 11.7. The van der Waals surface area contributed by atoms with Crippen LogP contribution in [-0.4, -0.2) is 29.5 Å². The molecule has 1 aliphatic heterocycles. The Morgan fingerprint density at radius 3 is 2.67 bits per heavy atom. The maximum atomic E-state index is 11.7. The van der Waals surface area contributed by atoms with E-state index in [-0.39, 0.29) is 11.9 Å². The second kappa shape index (κ2) is 5.75. The molecule has 2 amide bonds. The van der Waals surface area contributed by atoms with Gasteiger partial charge in [-0.05, 0) is 24.9 Å².